The van der Waals surface area contributed by atoms with Crippen LogP contribution in [0, 0.1) is 0 Å². The van der Waals surface area contributed by atoms with Gasteiger partial charge in [-0.05, 0) is 48.0 Å². The van der Waals surface area contributed by atoms with E-state index in [-0.39, 0.29) is 5.91 Å². The van der Waals surface area contributed by atoms with Gasteiger partial charge in [0.05, 0.1) is 16.7 Å². The highest BCUT2D eigenvalue weighted by Gasteiger charge is 2.23. The van der Waals surface area contributed by atoms with E-state index in [9.17, 15) is 4.79 Å². The fourth-order valence-electron chi connectivity index (χ4n) is 4.52. The third-order valence-electron chi connectivity index (χ3n) is 6.39. The molecular weight excluding hydrogens is 462 g/mol. The highest BCUT2D eigenvalue weighted by atomic mass is 16.5. The zero-order valence-electron chi connectivity index (χ0n) is 20.3. The Morgan fingerprint density at radius 3 is 2.57 bits per heavy atom. The van der Waals surface area contributed by atoms with Crippen molar-refractivity contribution in [2.24, 2.45) is 7.05 Å². The van der Waals surface area contributed by atoms with Crippen molar-refractivity contribution >= 4 is 22.6 Å². The first-order valence-corrected chi connectivity index (χ1v) is 12.1. The lowest BCUT2D eigenvalue weighted by atomic mass is 10.1. The lowest BCUT2D eigenvalue weighted by molar-refractivity contribution is 0.0940. The molecule has 6 aromatic rings. The monoisotopic (exact) mass is 487 g/mol. The van der Waals surface area contributed by atoms with Gasteiger partial charge in [-0.15, -0.1) is 0 Å². The van der Waals surface area contributed by atoms with Crippen molar-refractivity contribution in [2.75, 3.05) is 0 Å². The van der Waals surface area contributed by atoms with E-state index in [1.807, 2.05) is 113 Å². The van der Waals surface area contributed by atoms with Gasteiger partial charge in [0, 0.05) is 25.0 Å². The molecule has 1 N–H and O–H groups in total. The van der Waals surface area contributed by atoms with Gasteiger partial charge in [0.1, 0.15) is 29.9 Å². The number of hydrogen-bond acceptors (Lipinski definition) is 4. The van der Waals surface area contributed by atoms with Crippen LogP contribution in [0.25, 0.3) is 16.7 Å². The maximum Gasteiger partial charge on any atom is 0.252 e. The molecule has 3 heterocycles. The molecule has 0 radical (unpaired) electrons. The van der Waals surface area contributed by atoms with Crippen molar-refractivity contribution in [1.29, 1.82) is 0 Å². The summed E-state index contributed by atoms with van der Waals surface area (Å²) in [4.78, 5) is 22.9. The van der Waals surface area contributed by atoms with E-state index in [1.54, 1.807) is 12.1 Å². The number of benzene rings is 3. The molecule has 1 amide bonds. The number of hydrogen-bond donors (Lipinski definition) is 1. The Morgan fingerprint density at radius 2 is 1.73 bits per heavy atom. The minimum absolute atomic E-state index is 0.209. The van der Waals surface area contributed by atoms with Crippen LogP contribution in [0.2, 0.25) is 0 Å². The molecule has 1 unspecified atom stereocenters. The number of imidazole rings is 2. The average Bonchev–Trinajstić information content (AvgIpc) is 3.52. The van der Waals surface area contributed by atoms with Gasteiger partial charge in [-0.1, -0.05) is 54.6 Å². The van der Waals surface area contributed by atoms with Gasteiger partial charge >= 0.3 is 0 Å². The van der Waals surface area contributed by atoms with Gasteiger partial charge in [-0.2, -0.15) is 0 Å². The first kappa shape index (κ1) is 22.5. The van der Waals surface area contributed by atoms with E-state index in [4.69, 9.17) is 9.72 Å². The number of fused-ring (bicyclic) bond motifs is 2. The molecule has 0 aliphatic heterocycles. The highest BCUT2D eigenvalue weighted by Crippen LogP contribution is 2.26. The lowest BCUT2D eigenvalue weighted by Gasteiger charge is -2.19. The summed E-state index contributed by atoms with van der Waals surface area (Å²) in [6, 6.07) is 30.5. The van der Waals surface area contributed by atoms with Crippen molar-refractivity contribution in [3.8, 4) is 5.75 Å². The number of rotatable bonds is 7. The van der Waals surface area contributed by atoms with Crippen LogP contribution < -0.4 is 10.1 Å². The minimum Gasteiger partial charge on any atom is -0.487 e. The predicted octanol–water partition coefficient (Wildman–Crippen LogP) is 5.32. The topological polar surface area (TPSA) is 73.5 Å². The molecule has 0 aliphatic rings. The quantitative estimate of drug-likeness (QED) is 0.331. The standard InChI is InChI=1S/C30H25N5O2/c1-34-26-15-6-5-14-25(26)32-29(34)28(21-10-3-2-4-11-21)33-30(36)22-12-9-13-24(18-22)37-20-23-19-35-17-8-7-16-27(35)31-23/h2-19,28H,20H2,1H3,(H,33,36). The summed E-state index contributed by atoms with van der Waals surface area (Å²) >= 11 is 0. The Bertz CT molecular complexity index is 1670. The second kappa shape index (κ2) is 9.62. The van der Waals surface area contributed by atoms with Crippen LogP contribution >= 0.6 is 0 Å². The van der Waals surface area contributed by atoms with Crippen LogP contribution in [0.4, 0.5) is 0 Å². The van der Waals surface area contributed by atoms with Crippen molar-refractivity contribution in [3.63, 3.8) is 0 Å². The summed E-state index contributed by atoms with van der Waals surface area (Å²) in [5.74, 6) is 1.16. The predicted molar refractivity (Wildman–Crippen MR) is 142 cm³/mol. The Hall–Kier alpha value is -4.91. The molecule has 6 rings (SSSR count). The number of pyridine rings is 1. The Balaban J connectivity index is 1.25. The number of amides is 1. The van der Waals surface area contributed by atoms with Gasteiger partial charge in [0.15, 0.2) is 0 Å². The zero-order valence-corrected chi connectivity index (χ0v) is 20.3. The van der Waals surface area contributed by atoms with Gasteiger partial charge < -0.3 is 19.0 Å². The first-order chi connectivity index (χ1) is 18.2. The second-order valence-electron chi connectivity index (χ2n) is 8.85. The maximum absolute atomic E-state index is 13.5. The molecule has 0 spiro atoms. The number of para-hydroxylation sites is 2. The van der Waals surface area contributed by atoms with Gasteiger partial charge in [0.2, 0.25) is 0 Å². The maximum atomic E-state index is 13.5. The highest BCUT2D eigenvalue weighted by molar-refractivity contribution is 5.95. The van der Waals surface area contributed by atoms with Gasteiger partial charge in [-0.3, -0.25) is 4.79 Å². The summed E-state index contributed by atoms with van der Waals surface area (Å²) in [7, 11) is 1.97. The van der Waals surface area contributed by atoms with Crippen LogP contribution in [0.1, 0.15) is 33.5 Å². The van der Waals surface area contributed by atoms with E-state index in [0.29, 0.717) is 17.9 Å². The molecule has 7 heteroatoms. The van der Waals surface area contributed by atoms with Crippen LogP contribution in [0.5, 0.6) is 5.75 Å². The first-order valence-electron chi connectivity index (χ1n) is 12.1. The molecule has 0 fully saturated rings. The summed E-state index contributed by atoms with van der Waals surface area (Å²) in [6.07, 6.45) is 3.89. The summed E-state index contributed by atoms with van der Waals surface area (Å²) in [6.45, 7) is 0.305. The Morgan fingerprint density at radius 1 is 0.919 bits per heavy atom. The van der Waals surface area contributed by atoms with Crippen LogP contribution in [-0.2, 0) is 13.7 Å². The van der Waals surface area contributed by atoms with Gasteiger partial charge in [-0.25, -0.2) is 9.97 Å². The zero-order chi connectivity index (χ0) is 25.2. The molecule has 3 aromatic heterocycles. The van der Waals surface area contributed by atoms with E-state index in [0.717, 1.165) is 33.8 Å². The number of nitrogens with one attached hydrogen (secondary N) is 1. The molecule has 3 aromatic carbocycles. The molecule has 37 heavy (non-hydrogen) atoms. The fraction of sp³-hybridized carbons (Fsp3) is 0.100. The smallest absolute Gasteiger partial charge is 0.252 e. The Labute approximate surface area is 214 Å². The summed E-state index contributed by atoms with van der Waals surface area (Å²) in [5, 5.41) is 3.19. The molecule has 0 aliphatic carbocycles. The van der Waals surface area contributed by atoms with E-state index < -0.39 is 6.04 Å². The number of carbonyl (C=O) groups is 1. The molecular formula is C30H25N5O2. The average molecular weight is 488 g/mol. The van der Waals surface area contributed by atoms with E-state index >= 15 is 0 Å². The molecule has 0 bridgehead atoms. The van der Waals surface area contributed by atoms with Crippen molar-refractivity contribution in [1.82, 2.24) is 24.3 Å². The molecule has 182 valence electrons. The largest absolute Gasteiger partial charge is 0.487 e. The van der Waals surface area contributed by atoms with Crippen molar-refractivity contribution in [3.05, 3.63) is 132 Å². The molecule has 0 saturated carbocycles. The van der Waals surface area contributed by atoms with Crippen molar-refractivity contribution in [2.45, 2.75) is 12.6 Å². The lowest BCUT2D eigenvalue weighted by Crippen LogP contribution is -2.31. The Kier molecular flexibility index (Phi) is 5.86. The van der Waals surface area contributed by atoms with Crippen molar-refractivity contribution < 1.29 is 9.53 Å². The number of nitrogens with zero attached hydrogens (tertiary/aromatic N) is 4. The normalized spacial score (nSPS) is 12.0. The third-order valence-corrected chi connectivity index (χ3v) is 6.39. The second-order valence-corrected chi connectivity index (χ2v) is 8.85. The van der Waals surface area contributed by atoms with Crippen LogP contribution in [0.15, 0.2) is 109 Å². The number of aryl methyl sites for hydroxylation is 1. The number of ether oxygens (including phenoxy) is 1. The van der Waals surface area contributed by atoms with E-state index in [1.165, 1.54) is 0 Å². The minimum atomic E-state index is -0.423. The van der Waals surface area contributed by atoms with Crippen LogP contribution in [0.3, 0.4) is 0 Å². The fourth-order valence-corrected chi connectivity index (χ4v) is 4.52. The molecule has 0 saturated heterocycles. The molecule has 7 nitrogen and oxygen atoms in total. The van der Waals surface area contributed by atoms with Crippen LogP contribution in [-0.4, -0.2) is 24.8 Å². The number of aromatic nitrogens is 4. The summed E-state index contributed by atoms with van der Waals surface area (Å²) in [5.41, 5.74) is 5.03. The number of carbonyl (C=O) groups excluding carboxylic acids is 1. The molecule has 1 atom stereocenters. The SMILES string of the molecule is Cn1c(C(NC(=O)c2cccc(OCc3cn4ccccc4n3)c2)c2ccccc2)nc2ccccc21. The summed E-state index contributed by atoms with van der Waals surface area (Å²) < 4.78 is 9.95. The van der Waals surface area contributed by atoms with Gasteiger partial charge in [0.25, 0.3) is 5.91 Å². The third kappa shape index (κ3) is 4.54. The van der Waals surface area contributed by atoms with E-state index in [2.05, 4.69) is 10.3 Å².